The van der Waals surface area contributed by atoms with Crippen molar-refractivity contribution in [3.63, 3.8) is 0 Å². The number of amides is 1. The molecule has 136 valence electrons. The van der Waals surface area contributed by atoms with Crippen LogP contribution in [0.2, 0.25) is 0 Å². The first-order chi connectivity index (χ1) is 12.4. The number of fused-ring (bicyclic) bond motifs is 2. The largest absolute Gasteiger partial charge is 0.486 e. The summed E-state index contributed by atoms with van der Waals surface area (Å²) in [6.07, 6.45) is 0. The molecule has 0 fully saturated rings. The molecule has 8 nitrogen and oxygen atoms in total. The standard InChI is InChI=1S/C16H13BrN2O6S/c17-10-6-14-15(24-4-3-23-14)7-11(10)19-26(21,22)9-1-2-13-12(5-9)18-16(20)8-25-13/h1-2,5-7,19H,3-4,8H2,(H,18,20). The summed E-state index contributed by atoms with van der Waals surface area (Å²) in [4.78, 5) is 11.4. The van der Waals surface area contributed by atoms with Gasteiger partial charge in [-0.15, -0.1) is 0 Å². The van der Waals surface area contributed by atoms with Gasteiger partial charge in [-0.25, -0.2) is 8.42 Å². The fourth-order valence-electron chi connectivity index (χ4n) is 2.58. The number of anilines is 2. The van der Waals surface area contributed by atoms with Crippen molar-refractivity contribution in [1.82, 2.24) is 0 Å². The van der Waals surface area contributed by atoms with E-state index in [2.05, 4.69) is 26.0 Å². The SMILES string of the molecule is O=C1COc2ccc(S(=O)(=O)Nc3cc4c(cc3Br)OCCO4)cc2N1. The molecule has 2 N–H and O–H groups in total. The number of carbonyl (C=O) groups excluding carboxylic acids is 1. The minimum absolute atomic E-state index is 0.0103. The fraction of sp³-hybridized carbons (Fsp3) is 0.188. The van der Waals surface area contributed by atoms with Crippen molar-refractivity contribution in [2.45, 2.75) is 4.90 Å². The van der Waals surface area contributed by atoms with E-state index in [0.29, 0.717) is 46.3 Å². The van der Waals surface area contributed by atoms with Crippen LogP contribution in [0.15, 0.2) is 39.7 Å². The van der Waals surface area contributed by atoms with Crippen LogP contribution in [0.1, 0.15) is 0 Å². The molecular formula is C16H13BrN2O6S. The molecule has 0 radical (unpaired) electrons. The van der Waals surface area contributed by atoms with Crippen molar-refractivity contribution in [3.05, 3.63) is 34.8 Å². The Labute approximate surface area is 157 Å². The summed E-state index contributed by atoms with van der Waals surface area (Å²) in [5.41, 5.74) is 0.623. The number of halogens is 1. The average molecular weight is 441 g/mol. The Kier molecular flexibility index (Phi) is 4.16. The molecule has 2 aromatic carbocycles. The number of hydrogen-bond acceptors (Lipinski definition) is 6. The second-order valence-electron chi connectivity index (χ2n) is 5.58. The van der Waals surface area contributed by atoms with Gasteiger partial charge in [-0.1, -0.05) is 0 Å². The van der Waals surface area contributed by atoms with E-state index < -0.39 is 10.0 Å². The maximum absolute atomic E-state index is 12.7. The Morgan fingerprint density at radius 1 is 1.00 bits per heavy atom. The van der Waals surface area contributed by atoms with Crippen LogP contribution in [0.25, 0.3) is 0 Å². The van der Waals surface area contributed by atoms with Gasteiger partial charge in [-0.3, -0.25) is 9.52 Å². The molecule has 0 aliphatic carbocycles. The molecule has 0 aromatic heterocycles. The van der Waals surface area contributed by atoms with E-state index in [4.69, 9.17) is 14.2 Å². The van der Waals surface area contributed by atoms with Crippen LogP contribution >= 0.6 is 15.9 Å². The highest BCUT2D eigenvalue weighted by atomic mass is 79.9. The molecule has 0 spiro atoms. The molecule has 2 aliphatic heterocycles. The van der Waals surface area contributed by atoms with Crippen molar-refractivity contribution in [3.8, 4) is 17.2 Å². The predicted molar refractivity (Wildman–Crippen MR) is 96.5 cm³/mol. The molecular weight excluding hydrogens is 428 g/mol. The fourth-order valence-corrected chi connectivity index (χ4v) is 4.22. The van der Waals surface area contributed by atoms with Crippen molar-refractivity contribution < 1.29 is 27.4 Å². The maximum atomic E-state index is 12.7. The lowest BCUT2D eigenvalue weighted by Gasteiger charge is -2.21. The van der Waals surface area contributed by atoms with Gasteiger partial charge >= 0.3 is 0 Å². The Hall–Kier alpha value is -2.46. The number of benzene rings is 2. The number of ether oxygens (including phenoxy) is 3. The predicted octanol–water partition coefficient (Wildman–Crippen LogP) is 2.35. The minimum Gasteiger partial charge on any atom is -0.486 e. The van der Waals surface area contributed by atoms with Gasteiger partial charge in [0, 0.05) is 16.6 Å². The summed E-state index contributed by atoms with van der Waals surface area (Å²) in [5.74, 6) is 1.08. The Morgan fingerprint density at radius 3 is 2.50 bits per heavy atom. The van der Waals surface area contributed by atoms with Gasteiger partial charge in [0.25, 0.3) is 15.9 Å². The summed E-state index contributed by atoms with van der Waals surface area (Å²) in [7, 11) is -3.90. The zero-order valence-corrected chi connectivity index (χ0v) is 15.6. The summed E-state index contributed by atoms with van der Waals surface area (Å²) in [5, 5.41) is 2.59. The third-order valence-electron chi connectivity index (χ3n) is 3.77. The summed E-state index contributed by atoms with van der Waals surface area (Å²) in [6.45, 7) is 0.736. The highest BCUT2D eigenvalue weighted by Crippen LogP contribution is 2.39. The van der Waals surface area contributed by atoms with Crippen LogP contribution < -0.4 is 24.2 Å². The highest BCUT2D eigenvalue weighted by molar-refractivity contribution is 9.10. The first-order valence-electron chi connectivity index (χ1n) is 7.61. The van der Waals surface area contributed by atoms with E-state index in [0.717, 1.165) is 0 Å². The van der Waals surface area contributed by atoms with Gasteiger partial charge in [0.05, 0.1) is 16.3 Å². The topological polar surface area (TPSA) is 103 Å². The zero-order valence-electron chi connectivity index (χ0n) is 13.2. The van der Waals surface area contributed by atoms with Gasteiger partial charge in [-0.2, -0.15) is 0 Å². The van der Waals surface area contributed by atoms with E-state index in [1.165, 1.54) is 18.2 Å². The van der Waals surface area contributed by atoms with E-state index >= 15 is 0 Å². The summed E-state index contributed by atoms with van der Waals surface area (Å²) >= 11 is 3.33. The lowest BCUT2D eigenvalue weighted by molar-refractivity contribution is -0.118. The molecule has 0 saturated heterocycles. The number of sulfonamides is 1. The zero-order chi connectivity index (χ0) is 18.3. The summed E-state index contributed by atoms with van der Waals surface area (Å²) < 4.78 is 44.7. The number of hydrogen-bond donors (Lipinski definition) is 2. The van der Waals surface area contributed by atoms with E-state index in [1.54, 1.807) is 12.1 Å². The third-order valence-corrected chi connectivity index (χ3v) is 5.79. The van der Waals surface area contributed by atoms with Crippen LogP contribution in [0.3, 0.4) is 0 Å². The molecule has 4 rings (SSSR count). The molecule has 0 bridgehead atoms. The van der Waals surface area contributed by atoms with Gasteiger partial charge in [0.15, 0.2) is 18.1 Å². The number of carbonyl (C=O) groups is 1. The molecule has 2 aromatic rings. The number of rotatable bonds is 3. The minimum atomic E-state index is -3.90. The highest BCUT2D eigenvalue weighted by Gasteiger charge is 2.23. The van der Waals surface area contributed by atoms with Gasteiger partial charge in [0.2, 0.25) is 0 Å². The average Bonchev–Trinajstić information content (AvgIpc) is 2.61. The molecule has 10 heteroatoms. The van der Waals surface area contributed by atoms with Crippen LogP contribution in [0, 0.1) is 0 Å². The second kappa shape index (κ2) is 6.36. The van der Waals surface area contributed by atoms with Crippen molar-refractivity contribution in [2.75, 3.05) is 29.9 Å². The van der Waals surface area contributed by atoms with E-state index in [1.807, 2.05) is 0 Å². The lowest BCUT2D eigenvalue weighted by Crippen LogP contribution is -2.25. The molecule has 0 saturated carbocycles. The van der Waals surface area contributed by atoms with Crippen LogP contribution in [0.5, 0.6) is 17.2 Å². The lowest BCUT2D eigenvalue weighted by atomic mass is 10.2. The van der Waals surface area contributed by atoms with Gasteiger partial charge < -0.3 is 19.5 Å². The van der Waals surface area contributed by atoms with Crippen molar-refractivity contribution in [2.24, 2.45) is 0 Å². The number of nitrogens with one attached hydrogen (secondary N) is 2. The van der Waals surface area contributed by atoms with Crippen molar-refractivity contribution >= 4 is 43.2 Å². The summed E-state index contributed by atoms with van der Waals surface area (Å²) in [6, 6.07) is 7.46. The third kappa shape index (κ3) is 3.17. The molecule has 1 amide bonds. The van der Waals surface area contributed by atoms with E-state index in [-0.39, 0.29) is 17.4 Å². The monoisotopic (exact) mass is 440 g/mol. The molecule has 2 heterocycles. The quantitative estimate of drug-likeness (QED) is 0.758. The first kappa shape index (κ1) is 17.0. The molecule has 0 unspecified atom stereocenters. The van der Waals surface area contributed by atoms with Crippen molar-refractivity contribution in [1.29, 1.82) is 0 Å². The normalized spacial score (nSPS) is 15.5. The van der Waals surface area contributed by atoms with Gasteiger partial charge in [-0.05, 0) is 34.1 Å². The van der Waals surface area contributed by atoms with Crippen LogP contribution in [0.4, 0.5) is 11.4 Å². The molecule has 0 atom stereocenters. The Morgan fingerprint density at radius 2 is 1.73 bits per heavy atom. The Balaban J connectivity index is 1.66. The molecule has 26 heavy (non-hydrogen) atoms. The van der Waals surface area contributed by atoms with Gasteiger partial charge in [0.1, 0.15) is 19.0 Å². The van der Waals surface area contributed by atoms with Crippen LogP contribution in [-0.2, 0) is 14.8 Å². The van der Waals surface area contributed by atoms with Crippen LogP contribution in [-0.4, -0.2) is 34.1 Å². The maximum Gasteiger partial charge on any atom is 0.262 e. The first-order valence-corrected chi connectivity index (χ1v) is 9.89. The second-order valence-corrected chi connectivity index (χ2v) is 8.11. The smallest absolute Gasteiger partial charge is 0.262 e. The molecule has 2 aliphatic rings. The van der Waals surface area contributed by atoms with E-state index in [9.17, 15) is 13.2 Å². The Bertz CT molecular complexity index is 1010.